The molecule has 0 bridgehead atoms. The second kappa shape index (κ2) is 6.89. The second-order valence-electron chi connectivity index (χ2n) is 4.05. The molecule has 1 aromatic heterocycles. The summed E-state index contributed by atoms with van der Waals surface area (Å²) in [6, 6.07) is 5.33. The van der Waals surface area contributed by atoms with Crippen molar-refractivity contribution >= 4 is 62.2 Å². The summed E-state index contributed by atoms with van der Waals surface area (Å²) >= 11 is 17.0. The topological polar surface area (TPSA) is 42.0 Å². The molecule has 0 aliphatic carbocycles. The lowest BCUT2D eigenvalue weighted by Crippen LogP contribution is -2.11. The quantitative estimate of drug-likeness (QED) is 0.780. The van der Waals surface area contributed by atoms with Gasteiger partial charge in [0.15, 0.2) is 3.92 Å². The van der Waals surface area contributed by atoms with Crippen molar-refractivity contribution in [1.29, 1.82) is 0 Å². The van der Waals surface area contributed by atoms with Crippen molar-refractivity contribution in [3.63, 3.8) is 0 Å². The zero-order valence-corrected chi connectivity index (χ0v) is 14.5. The Balaban J connectivity index is 2.29. The van der Waals surface area contributed by atoms with Gasteiger partial charge in [0.05, 0.1) is 4.88 Å². The molecule has 0 aliphatic rings. The number of carbonyl (C=O) groups excluding carboxylic acids is 1. The van der Waals surface area contributed by atoms with Crippen molar-refractivity contribution < 1.29 is 4.79 Å². The average molecular weight is 394 g/mol. The molecule has 2 aromatic rings. The number of hydrogen-bond acceptors (Lipinski definition) is 3. The first-order chi connectivity index (χ1) is 9.49. The largest absolute Gasteiger partial charge is 0.310 e. The number of hydrogen-bond donors (Lipinski definition) is 1. The van der Waals surface area contributed by atoms with E-state index in [4.69, 9.17) is 23.2 Å². The van der Waals surface area contributed by atoms with Gasteiger partial charge in [-0.3, -0.25) is 4.79 Å². The van der Waals surface area contributed by atoms with Gasteiger partial charge in [-0.15, -0.1) is 11.3 Å². The van der Waals surface area contributed by atoms with Crippen LogP contribution in [0.1, 0.15) is 23.8 Å². The summed E-state index contributed by atoms with van der Waals surface area (Å²) < 4.78 is 0.719. The molecule has 0 atom stereocenters. The smallest absolute Gasteiger partial charge is 0.225 e. The van der Waals surface area contributed by atoms with Gasteiger partial charge in [-0.25, -0.2) is 4.98 Å². The molecule has 1 aromatic carbocycles. The third-order valence-corrected chi connectivity index (χ3v) is 4.72. The lowest BCUT2D eigenvalue weighted by molar-refractivity contribution is -0.115. The number of carbonyl (C=O) groups is 1. The number of benzene rings is 1. The molecule has 3 nitrogen and oxygen atoms in total. The molecule has 20 heavy (non-hydrogen) atoms. The number of thiazole rings is 1. The van der Waals surface area contributed by atoms with E-state index in [1.165, 1.54) is 11.3 Å². The Morgan fingerprint density at radius 3 is 2.90 bits per heavy atom. The van der Waals surface area contributed by atoms with Gasteiger partial charge in [0.25, 0.3) is 0 Å². The minimum atomic E-state index is -0.0683. The molecule has 1 heterocycles. The minimum absolute atomic E-state index is 0.0683. The predicted molar refractivity (Wildman–Crippen MR) is 88.0 cm³/mol. The first-order valence-corrected chi connectivity index (χ1v) is 8.25. The van der Waals surface area contributed by atoms with E-state index in [1.807, 2.05) is 6.07 Å². The third kappa shape index (κ3) is 3.95. The van der Waals surface area contributed by atoms with Crippen LogP contribution in [-0.2, 0) is 11.2 Å². The monoisotopic (exact) mass is 392 g/mol. The number of aromatic nitrogens is 1. The van der Waals surface area contributed by atoms with E-state index >= 15 is 0 Å². The SMILES string of the molecule is CCC(=O)Nc1nc(Br)sc1Cc1cc(Cl)ccc1Cl. The van der Waals surface area contributed by atoms with Crippen LogP contribution in [0.4, 0.5) is 5.82 Å². The zero-order valence-electron chi connectivity index (χ0n) is 10.5. The van der Waals surface area contributed by atoms with Crippen LogP contribution in [0.3, 0.4) is 0 Å². The Labute approximate surface area is 139 Å². The highest BCUT2D eigenvalue weighted by Gasteiger charge is 2.14. The summed E-state index contributed by atoms with van der Waals surface area (Å²) in [7, 11) is 0. The summed E-state index contributed by atoms with van der Waals surface area (Å²) in [5, 5.41) is 4.07. The molecule has 106 valence electrons. The van der Waals surface area contributed by atoms with E-state index in [2.05, 4.69) is 26.2 Å². The van der Waals surface area contributed by atoms with Crippen LogP contribution in [0.15, 0.2) is 22.1 Å². The maximum atomic E-state index is 11.5. The summed E-state index contributed by atoms with van der Waals surface area (Å²) in [6.45, 7) is 1.80. The van der Waals surface area contributed by atoms with E-state index in [0.717, 1.165) is 14.4 Å². The molecule has 7 heteroatoms. The summed E-state index contributed by atoms with van der Waals surface area (Å²) in [5.41, 5.74) is 0.905. The van der Waals surface area contributed by atoms with Gasteiger partial charge in [0.1, 0.15) is 5.82 Å². The molecule has 0 saturated heterocycles. The first kappa shape index (κ1) is 15.8. The molecule has 0 spiro atoms. The predicted octanol–water partition coefficient (Wildman–Crippen LogP) is 5.15. The molecular weight excluding hydrogens is 383 g/mol. The average Bonchev–Trinajstić information content (AvgIpc) is 2.73. The van der Waals surface area contributed by atoms with E-state index in [-0.39, 0.29) is 5.91 Å². The number of anilines is 1. The van der Waals surface area contributed by atoms with E-state index in [0.29, 0.717) is 28.7 Å². The number of nitrogens with zero attached hydrogens (tertiary/aromatic N) is 1. The summed E-state index contributed by atoms with van der Waals surface area (Å²) in [6.07, 6.45) is 0.981. The van der Waals surface area contributed by atoms with Crippen LogP contribution < -0.4 is 5.32 Å². The van der Waals surface area contributed by atoms with Gasteiger partial charge in [-0.1, -0.05) is 30.1 Å². The van der Waals surface area contributed by atoms with Crippen LogP contribution in [0.2, 0.25) is 10.0 Å². The molecule has 0 fully saturated rings. The number of halogens is 3. The van der Waals surface area contributed by atoms with Crippen molar-refractivity contribution in [2.24, 2.45) is 0 Å². The van der Waals surface area contributed by atoms with Gasteiger partial charge in [-0.05, 0) is 39.7 Å². The Bertz CT molecular complexity index is 645. The number of rotatable bonds is 4. The van der Waals surface area contributed by atoms with Crippen LogP contribution in [0.5, 0.6) is 0 Å². The summed E-state index contributed by atoms with van der Waals surface area (Å²) in [5.74, 6) is 0.506. The highest BCUT2D eigenvalue weighted by atomic mass is 79.9. The third-order valence-electron chi connectivity index (χ3n) is 2.61. The zero-order chi connectivity index (χ0) is 14.7. The highest BCUT2D eigenvalue weighted by molar-refractivity contribution is 9.11. The highest BCUT2D eigenvalue weighted by Crippen LogP contribution is 2.32. The van der Waals surface area contributed by atoms with Crippen molar-refractivity contribution in [1.82, 2.24) is 4.98 Å². The maximum absolute atomic E-state index is 11.5. The minimum Gasteiger partial charge on any atom is -0.310 e. The van der Waals surface area contributed by atoms with E-state index in [9.17, 15) is 4.79 Å². The van der Waals surface area contributed by atoms with E-state index in [1.54, 1.807) is 19.1 Å². The number of nitrogens with one attached hydrogen (secondary N) is 1. The molecule has 0 unspecified atom stereocenters. The Hall–Kier alpha value is -0.620. The van der Waals surface area contributed by atoms with Gasteiger partial charge < -0.3 is 5.32 Å². The van der Waals surface area contributed by atoms with Gasteiger partial charge in [0.2, 0.25) is 5.91 Å². The van der Waals surface area contributed by atoms with Crippen LogP contribution in [-0.4, -0.2) is 10.9 Å². The number of amides is 1. The molecule has 0 aliphatic heterocycles. The second-order valence-corrected chi connectivity index (χ2v) is 7.26. The Morgan fingerprint density at radius 1 is 1.45 bits per heavy atom. The molecule has 1 N–H and O–H groups in total. The fraction of sp³-hybridized carbons (Fsp3) is 0.231. The van der Waals surface area contributed by atoms with E-state index < -0.39 is 0 Å². The van der Waals surface area contributed by atoms with Crippen LogP contribution in [0.25, 0.3) is 0 Å². The Morgan fingerprint density at radius 2 is 2.20 bits per heavy atom. The van der Waals surface area contributed by atoms with Crippen molar-refractivity contribution in [3.8, 4) is 0 Å². The molecule has 0 saturated carbocycles. The standard InChI is InChI=1S/C13H11BrCl2N2OS/c1-2-11(19)17-12-10(20-13(14)18-12)6-7-5-8(15)3-4-9(7)16/h3-5H,2,6H2,1H3,(H,17,19). The summed E-state index contributed by atoms with van der Waals surface area (Å²) in [4.78, 5) is 16.7. The van der Waals surface area contributed by atoms with Gasteiger partial charge >= 0.3 is 0 Å². The molecule has 1 amide bonds. The fourth-order valence-corrected chi connectivity index (χ4v) is 3.52. The molecular formula is C13H11BrCl2N2OS. The maximum Gasteiger partial charge on any atom is 0.225 e. The lowest BCUT2D eigenvalue weighted by atomic mass is 10.1. The van der Waals surface area contributed by atoms with Gasteiger partial charge in [-0.2, -0.15) is 0 Å². The Kier molecular flexibility index (Phi) is 5.43. The van der Waals surface area contributed by atoms with Crippen LogP contribution in [0, 0.1) is 0 Å². The lowest BCUT2D eigenvalue weighted by Gasteiger charge is -2.06. The van der Waals surface area contributed by atoms with Crippen molar-refractivity contribution in [2.45, 2.75) is 19.8 Å². The molecule has 0 radical (unpaired) electrons. The van der Waals surface area contributed by atoms with Crippen molar-refractivity contribution in [2.75, 3.05) is 5.32 Å². The normalized spacial score (nSPS) is 10.6. The first-order valence-electron chi connectivity index (χ1n) is 5.88. The molecule has 2 rings (SSSR count). The van der Waals surface area contributed by atoms with Crippen molar-refractivity contribution in [3.05, 3.63) is 42.6 Å². The fourth-order valence-electron chi connectivity index (χ4n) is 1.61. The van der Waals surface area contributed by atoms with Crippen LogP contribution >= 0.6 is 50.5 Å². The van der Waals surface area contributed by atoms with Gasteiger partial charge in [0, 0.05) is 22.9 Å².